The van der Waals surface area contributed by atoms with E-state index in [0.717, 1.165) is 48.9 Å². The molecule has 1 aliphatic rings. The van der Waals surface area contributed by atoms with Gasteiger partial charge in [-0.2, -0.15) is 0 Å². The molecule has 1 aliphatic heterocycles. The van der Waals surface area contributed by atoms with E-state index in [4.69, 9.17) is 9.73 Å². The maximum absolute atomic E-state index is 11.9. The first kappa shape index (κ1) is 26.0. The van der Waals surface area contributed by atoms with Gasteiger partial charge in [0.15, 0.2) is 5.96 Å². The summed E-state index contributed by atoms with van der Waals surface area (Å²) in [7, 11) is 2.02. The van der Waals surface area contributed by atoms with Gasteiger partial charge in [-0.05, 0) is 43.5 Å². The fourth-order valence-corrected chi connectivity index (χ4v) is 3.59. The molecule has 0 atom stereocenters. The number of aliphatic imine (C=N–C) groups is 1. The molecule has 0 spiro atoms. The average molecular weight is 550 g/mol. The predicted molar refractivity (Wildman–Crippen MR) is 141 cm³/mol. The van der Waals surface area contributed by atoms with E-state index >= 15 is 0 Å². The summed E-state index contributed by atoms with van der Waals surface area (Å²) < 4.78 is 5.85. The number of rotatable bonds is 9. The van der Waals surface area contributed by atoms with Gasteiger partial charge in [-0.3, -0.25) is 4.79 Å². The van der Waals surface area contributed by atoms with Crippen molar-refractivity contribution in [2.24, 2.45) is 4.99 Å². The van der Waals surface area contributed by atoms with Crippen molar-refractivity contribution in [1.29, 1.82) is 0 Å². The van der Waals surface area contributed by atoms with E-state index in [-0.39, 0.29) is 29.9 Å². The Morgan fingerprint density at radius 1 is 1.19 bits per heavy atom. The third-order valence-electron chi connectivity index (χ3n) is 5.36. The Morgan fingerprint density at radius 3 is 2.62 bits per heavy atom. The Balaban J connectivity index is 0.00000363. The quantitative estimate of drug-likeness (QED) is 0.289. The molecule has 1 amide bonds. The first-order valence-corrected chi connectivity index (χ1v) is 11.1. The Morgan fingerprint density at radius 2 is 1.94 bits per heavy atom. The second kappa shape index (κ2) is 13.3. The summed E-state index contributed by atoms with van der Waals surface area (Å²) in [4.78, 5) is 20.7. The summed E-state index contributed by atoms with van der Waals surface area (Å²) in [5.41, 5.74) is 3.53. The number of likely N-dealkylation sites (N-methyl/N-ethyl adjacent to an activating group) is 1. The monoisotopic (exact) mass is 550 g/mol. The molecule has 0 aromatic heterocycles. The van der Waals surface area contributed by atoms with E-state index in [1.54, 1.807) is 0 Å². The van der Waals surface area contributed by atoms with Gasteiger partial charge in [0.2, 0.25) is 5.91 Å². The van der Waals surface area contributed by atoms with Crippen LogP contribution in [-0.2, 0) is 17.9 Å². The number of guanidine groups is 1. The van der Waals surface area contributed by atoms with Gasteiger partial charge in [0.05, 0.1) is 13.1 Å². The minimum atomic E-state index is 0. The third kappa shape index (κ3) is 8.00. The van der Waals surface area contributed by atoms with Crippen LogP contribution in [0.3, 0.4) is 0 Å². The highest BCUT2D eigenvalue weighted by atomic mass is 127. The zero-order chi connectivity index (χ0) is 22.1. The number of likely N-dealkylation sites (tertiary alicyclic amines) is 1. The summed E-state index contributed by atoms with van der Waals surface area (Å²) in [6.45, 7) is 8.40. The lowest BCUT2D eigenvalue weighted by atomic mass is 10.1. The molecule has 1 heterocycles. The number of ether oxygens (including phenoxy) is 1. The van der Waals surface area contributed by atoms with Gasteiger partial charge in [0, 0.05) is 33.1 Å². The molecule has 1 fully saturated rings. The predicted octanol–water partition coefficient (Wildman–Crippen LogP) is 4.21. The Hall–Kier alpha value is -2.29. The Labute approximate surface area is 209 Å². The smallest absolute Gasteiger partial charge is 0.222 e. The lowest BCUT2D eigenvalue weighted by Gasteiger charge is -2.22. The van der Waals surface area contributed by atoms with Gasteiger partial charge in [-0.25, -0.2) is 4.99 Å². The van der Waals surface area contributed by atoms with Crippen molar-refractivity contribution in [3.63, 3.8) is 0 Å². The lowest BCUT2D eigenvalue weighted by molar-refractivity contribution is -0.128. The van der Waals surface area contributed by atoms with Gasteiger partial charge in [0.25, 0.3) is 0 Å². The van der Waals surface area contributed by atoms with E-state index in [1.807, 2.05) is 30.1 Å². The van der Waals surface area contributed by atoms with Crippen LogP contribution in [0.15, 0.2) is 53.5 Å². The molecule has 6 nitrogen and oxygen atoms in total. The van der Waals surface area contributed by atoms with Crippen LogP contribution in [0.2, 0.25) is 0 Å². The molecule has 32 heavy (non-hydrogen) atoms. The molecule has 2 aromatic carbocycles. The Bertz CT molecular complexity index is 886. The van der Waals surface area contributed by atoms with Crippen molar-refractivity contribution in [1.82, 2.24) is 15.1 Å². The van der Waals surface area contributed by atoms with Crippen molar-refractivity contribution in [2.75, 3.05) is 33.3 Å². The van der Waals surface area contributed by atoms with E-state index in [1.165, 1.54) is 5.56 Å². The molecule has 174 valence electrons. The van der Waals surface area contributed by atoms with Crippen molar-refractivity contribution < 1.29 is 9.53 Å². The molecule has 0 unspecified atom stereocenters. The van der Waals surface area contributed by atoms with Gasteiger partial charge < -0.3 is 19.9 Å². The molecule has 0 bridgehead atoms. The minimum Gasteiger partial charge on any atom is -0.492 e. The summed E-state index contributed by atoms with van der Waals surface area (Å²) in [6.07, 6.45) is 1.64. The number of nitrogens with zero attached hydrogens (tertiary/aromatic N) is 3. The fraction of sp³-hybridized carbons (Fsp3) is 0.440. The molecular weight excluding hydrogens is 515 g/mol. The number of carbonyl (C=O) groups excluding carboxylic acids is 1. The third-order valence-corrected chi connectivity index (χ3v) is 5.36. The summed E-state index contributed by atoms with van der Waals surface area (Å²) >= 11 is 0. The molecule has 0 saturated carbocycles. The molecule has 1 saturated heterocycles. The zero-order valence-electron chi connectivity index (χ0n) is 19.3. The maximum atomic E-state index is 11.9. The molecule has 1 N–H and O–H groups in total. The van der Waals surface area contributed by atoms with Crippen LogP contribution in [0.25, 0.3) is 0 Å². The number of aryl methyl sites for hydroxylation is 1. The van der Waals surface area contributed by atoms with Crippen molar-refractivity contribution in [3.05, 3.63) is 65.2 Å². The number of carbonyl (C=O) groups is 1. The number of nitrogens with one attached hydrogen (secondary N) is 1. The van der Waals surface area contributed by atoms with Gasteiger partial charge in [-0.1, -0.05) is 42.0 Å². The van der Waals surface area contributed by atoms with Crippen LogP contribution in [0.5, 0.6) is 5.75 Å². The number of halogens is 1. The Kier molecular flexibility index (Phi) is 10.8. The second-order valence-corrected chi connectivity index (χ2v) is 7.99. The highest BCUT2D eigenvalue weighted by Crippen LogP contribution is 2.16. The minimum absolute atomic E-state index is 0. The molecular formula is C25H35IN4O2. The number of benzene rings is 2. The van der Waals surface area contributed by atoms with E-state index in [9.17, 15) is 4.79 Å². The van der Waals surface area contributed by atoms with Crippen LogP contribution >= 0.6 is 24.0 Å². The van der Waals surface area contributed by atoms with E-state index in [0.29, 0.717) is 26.1 Å². The summed E-state index contributed by atoms with van der Waals surface area (Å²) in [5, 5.41) is 3.36. The van der Waals surface area contributed by atoms with Crippen LogP contribution in [-0.4, -0.2) is 55.0 Å². The zero-order valence-corrected chi connectivity index (χ0v) is 21.7. The lowest BCUT2D eigenvalue weighted by Crippen LogP contribution is -2.40. The highest BCUT2D eigenvalue weighted by Gasteiger charge is 2.19. The summed E-state index contributed by atoms with van der Waals surface area (Å²) in [5.74, 6) is 2.00. The normalized spacial score (nSPS) is 13.7. The SMILES string of the molecule is CCNC(=NCc1cccc(CN2CCCC2=O)c1)N(C)CCOc1ccc(C)cc1.I. The van der Waals surface area contributed by atoms with Crippen LogP contribution in [0.1, 0.15) is 36.5 Å². The average Bonchev–Trinajstić information content (AvgIpc) is 3.17. The maximum Gasteiger partial charge on any atom is 0.222 e. The number of amides is 1. The van der Waals surface area contributed by atoms with Crippen LogP contribution < -0.4 is 10.1 Å². The largest absolute Gasteiger partial charge is 0.492 e. The second-order valence-electron chi connectivity index (χ2n) is 7.99. The fourth-order valence-electron chi connectivity index (χ4n) is 3.59. The molecule has 0 aliphatic carbocycles. The van der Waals surface area contributed by atoms with Crippen molar-refractivity contribution in [2.45, 2.75) is 39.8 Å². The molecule has 0 radical (unpaired) electrons. The first-order chi connectivity index (χ1) is 15.0. The van der Waals surface area contributed by atoms with Crippen molar-refractivity contribution >= 4 is 35.8 Å². The number of hydrogen-bond acceptors (Lipinski definition) is 3. The van der Waals surface area contributed by atoms with Gasteiger partial charge >= 0.3 is 0 Å². The van der Waals surface area contributed by atoms with E-state index in [2.05, 4.69) is 54.4 Å². The highest BCUT2D eigenvalue weighted by molar-refractivity contribution is 14.0. The standard InChI is InChI=1S/C25H34N4O2.HI/c1-4-26-25(28(3)15-16-31-23-12-10-20(2)11-13-23)27-18-21-7-5-8-22(17-21)19-29-14-6-9-24(29)30;/h5,7-8,10-13,17H,4,6,9,14-16,18-19H2,1-3H3,(H,26,27);1H. The van der Waals surface area contributed by atoms with Gasteiger partial charge in [-0.15, -0.1) is 24.0 Å². The van der Waals surface area contributed by atoms with Gasteiger partial charge in [0.1, 0.15) is 12.4 Å². The summed E-state index contributed by atoms with van der Waals surface area (Å²) in [6, 6.07) is 16.5. The van der Waals surface area contributed by atoms with Crippen LogP contribution in [0, 0.1) is 6.92 Å². The molecule has 3 rings (SSSR count). The first-order valence-electron chi connectivity index (χ1n) is 11.1. The topological polar surface area (TPSA) is 57.2 Å². The van der Waals surface area contributed by atoms with Crippen LogP contribution in [0.4, 0.5) is 0 Å². The van der Waals surface area contributed by atoms with E-state index < -0.39 is 0 Å². The molecule has 2 aromatic rings. The molecule has 7 heteroatoms. The number of hydrogen-bond donors (Lipinski definition) is 1. The van der Waals surface area contributed by atoms with Crippen molar-refractivity contribution in [3.8, 4) is 5.75 Å².